The molecule has 0 atom stereocenters. The third-order valence-corrected chi connectivity index (χ3v) is 2.05. The van der Waals surface area contributed by atoms with Crippen molar-refractivity contribution in [1.29, 1.82) is 0 Å². The number of nitrogen functional groups attached to an aromatic ring is 1. The second kappa shape index (κ2) is 4.73. The molecule has 0 fully saturated rings. The predicted molar refractivity (Wildman–Crippen MR) is 60.4 cm³/mol. The highest BCUT2D eigenvalue weighted by Gasteiger charge is 2.08. The summed E-state index contributed by atoms with van der Waals surface area (Å²) in [5.41, 5.74) is 6.35. The van der Waals surface area contributed by atoms with E-state index in [0.29, 0.717) is 23.2 Å². The van der Waals surface area contributed by atoms with Gasteiger partial charge in [-0.05, 0) is 19.1 Å². The van der Waals surface area contributed by atoms with Gasteiger partial charge in [0.25, 0.3) is 0 Å². The Bertz CT molecular complexity index is 357. The van der Waals surface area contributed by atoms with E-state index in [1.165, 1.54) is 0 Å². The Morgan fingerprint density at radius 1 is 1.64 bits per heavy atom. The molecule has 3 nitrogen and oxygen atoms in total. The van der Waals surface area contributed by atoms with Crippen LogP contribution in [0.1, 0.15) is 6.92 Å². The molecule has 1 aromatic rings. The molecule has 0 unspecified atom stereocenters. The molecule has 0 aliphatic heterocycles. The predicted octanol–water partition coefficient (Wildman–Crippen LogP) is 1.78. The topological polar surface area (TPSA) is 42.2 Å². The molecule has 14 heavy (non-hydrogen) atoms. The van der Waals surface area contributed by atoms with Gasteiger partial charge in [0.1, 0.15) is 5.15 Å². The van der Waals surface area contributed by atoms with E-state index in [2.05, 4.69) is 10.9 Å². The molecule has 0 amide bonds. The van der Waals surface area contributed by atoms with Crippen LogP contribution in [0.25, 0.3) is 0 Å². The van der Waals surface area contributed by atoms with Crippen LogP contribution in [0.2, 0.25) is 5.15 Å². The van der Waals surface area contributed by atoms with Gasteiger partial charge >= 0.3 is 0 Å². The molecule has 0 spiro atoms. The number of terminal acetylenes is 1. The summed E-state index contributed by atoms with van der Waals surface area (Å²) >= 11 is 5.77. The van der Waals surface area contributed by atoms with Gasteiger partial charge in [-0.2, -0.15) is 0 Å². The molecule has 0 aromatic carbocycles. The number of hydrogen-bond donors (Lipinski definition) is 1. The lowest BCUT2D eigenvalue weighted by Gasteiger charge is -2.20. The van der Waals surface area contributed by atoms with E-state index in [-0.39, 0.29) is 0 Å². The molecule has 0 saturated heterocycles. The quantitative estimate of drug-likeness (QED) is 0.610. The molecular weight excluding hydrogens is 198 g/mol. The average molecular weight is 210 g/mol. The Morgan fingerprint density at radius 3 is 2.93 bits per heavy atom. The number of anilines is 2. The fourth-order valence-electron chi connectivity index (χ4n) is 1.14. The SMILES string of the molecule is C#CCN(CC)c1nc(Cl)ccc1N. The monoisotopic (exact) mass is 209 g/mol. The van der Waals surface area contributed by atoms with Gasteiger partial charge in [0.15, 0.2) is 5.82 Å². The molecular formula is C10H12ClN3. The lowest BCUT2D eigenvalue weighted by Crippen LogP contribution is -2.25. The maximum absolute atomic E-state index is 5.77. The maximum atomic E-state index is 5.77. The molecule has 2 N–H and O–H groups in total. The lowest BCUT2D eigenvalue weighted by molar-refractivity contribution is 0.895. The van der Waals surface area contributed by atoms with Crippen molar-refractivity contribution in [3.63, 3.8) is 0 Å². The molecule has 0 saturated carbocycles. The van der Waals surface area contributed by atoms with E-state index < -0.39 is 0 Å². The van der Waals surface area contributed by atoms with Crippen molar-refractivity contribution >= 4 is 23.1 Å². The summed E-state index contributed by atoms with van der Waals surface area (Å²) in [5, 5.41) is 0.421. The molecule has 1 rings (SSSR count). The zero-order valence-corrected chi connectivity index (χ0v) is 8.75. The van der Waals surface area contributed by atoms with Gasteiger partial charge in [0, 0.05) is 6.54 Å². The first-order valence-electron chi connectivity index (χ1n) is 4.29. The summed E-state index contributed by atoms with van der Waals surface area (Å²) in [6, 6.07) is 3.38. The van der Waals surface area contributed by atoms with E-state index in [1.807, 2.05) is 11.8 Å². The summed E-state index contributed by atoms with van der Waals surface area (Å²) in [4.78, 5) is 6.02. The van der Waals surface area contributed by atoms with Gasteiger partial charge in [-0.25, -0.2) is 4.98 Å². The summed E-state index contributed by atoms with van der Waals surface area (Å²) in [7, 11) is 0. The lowest BCUT2D eigenvalue weighted by atomic mass is 10.3. The minimum atomic E-state index is 0.421. The van der Waals surface area contributed by atoms with E-state index in [9.17, 15) is 0 Å². The molecule has 4 heteroatoms. The smallest absolute Gasteiger partial charge is 0.154 e. The molecule has 0 aliphatic rings. The van der Waals surface area contributed by atoms with Crippen LogP contribution in [0.3, 0.4) is 0 Å². The van der Waals surface area contributed by atoms with Crippen molar-refractivity contribution in [2.45, 2.75) is 6.92 Å². The van der Waals surface area contributed by atoms with Crippen LogP contribution < -0.4 is 10.6 Å². The standard InChI is InChI=1S/C10H12ClN3/c1-3-7-14(4-2)10-8(12)5-6-9(11)13-10/h1,5-6H,4,7,12H2,2H3. The minimum absolute atomic E-state index is 0.421. The molecule has 1 aromatic heterocycles. The number of aromatic nitrogens is 1. The van der Waals surface area contributed by atoms with Crippen LogP contribution in [-0.4, -0.2) is 18.1 Å². The Kier molecular flexibility index (Phi) is 3.61. The van der Waals surface area contributed by atoms with Crippen LogP contribution in [0, 0.1) is 12.3 Å². The van der Waals surface area contributed by atoms with Crippen LogP contribution in [0.15, 0.2) is 12.1 Å². The van der Waals surface area contributed by atoms with Gasteiger partial charge in [-0.1, -0.05) is 17.5 Å². The van der Waals surface area contributed by atoms with E-state index >= 15 is 0 Å². The molecule has 0 bridgehead atoms. The first kappa shape index (κ1) is 10.7. The summed E-state index contributed by atoms with van der Waals surface area (Å²) in [6.07, 6.45) is 5.24. The van der Waals surface area contributed by atoms with Crippen molar-refractivity contribution in [2.75, 3.05) is 23.7 Å². The Morgan fingerprint density at radius 2 is 2.36 bits per heavy atom. The van der Waals surface area contributed by atoms with Gasteiger partial charge in [0.05, 0.1) is 12.2 Å². The van der Waals surface area contributed by atoms with Gasteiger partial charge in [-0.3, -0.25) is 0 Å². The number of halogens is 1. The van der Waals surface area contributed by atoms with Gasteiger partial charge in [-0.15, -0.1) is 6.42 Å². The first-order valence-corrected chi connectivity index (χ1v) is 4.67. The number of nitrogens with zero attached hydrogens (tertiary/aromatic N) is 2. The zero-order chi connectivity index (χ0) is 10.6. The fourth-order valence-corrected chi connectivity index (χ4v) is 1.28. The summed E-state index contributed by atoms with van der Waals surface area (Å²) < 4.78 is 0. The Balaban J connectivity index is 3.03. The van der Waals surface area contributed by atoms with Crippen LogP contribution in [0.5, 0.6) is 0 Å². The highest BCUT2D eigenvalue weighted by atomic mass is 35.5. The molecule has 0 radical (unpaired) electrons. The summed E-state index contributed by atoms with van der Waals surface area (Å²) in [6.45, 7) is 3.22. The highest BCUT2D eigenvalue weighted by Crippen LogP contribution is 2.22. The zero-order valence-electron chi connectivity index (χ0n) is 8.00. The second-order valence-electron chi connectivity index (χ2n) is 2.77. The van der Waals surface area contributed by atoms with E-state index in [1.54, 1.807) is 12.1 Å². The number of nitrogens with two attached hydrogens (primary N) is 1. The molecule has 0 aliphatic carbocycles. The van der Waals surface area contributed by atoms with Crippen molar-refractivity contribution < 1.29 is 0 Å². The van der Waals surface area contributed by atoms with Crippen molar-refractivity contribution in [1.82, 2.24) is 4.98 Å². The van der Waals surface area contributed by atoms with Crippen LogP contribution in [-0.2, 0) is 0 Å². The average Bonchev–Trinajstić information content (AvgIpc) is 2.18. The largest absolute Gasteiger partial charge is 0.396 e. The van der Waals surface area contributed by atoms with Crippen molar-refractivity contribution in [3.8, 4) is 12.3 Å². The van der Waals surface area contributed by atoms with E-state index in [4.69, 9.17) is 23.8 Å². The van der Waals surface area contributed by atoms with Gasteiger partial charge in [0.2, 0.25) is 0 Å². The molecule has 1 heterocycles. The number of pyridine rings is 1. The van der Waals surface area contributed by atoms with Crippen LogP contribution >= 0.6 is 11.6 Å². The number of rotatable bonds is 3. The normalized spacial score (nSPS) is 9.50. The third kappa shape index (κ3) is 2.30. The molecule has 74 valence electrons. The Hall–Kier alpha value is -1.40. The Labute approximate surface area is 88.9 Å². The second-order valence-corrected chi connectivity index (χ2v) is 3.15. The van der Waals surface area contributed by atoms with Crippen LogP contribution in [0.4, 0.5) is 11.5 Å². The van der Waals surface area contributed by atoms with E-state index in [0.717, 1.165) is 6.54 Å². The summed E-state index contributed by atoms with van der Waals surface area (Å²) in [5.74, 6) is 3.20. The first-order chi connectivity index (χ1) is 6.69. The maximum Gasteiger partial charge on any atom is 0.154 e. The van der Waals surface area contributed by atoms with Crippen molar-refractivity contribution in [2.24, 2.45) is 0 Å². The highest BCUT2D eigenvalue weighted by molar-refractivity contribution is 6.29. The third-order valence-electron chi connectivity index (χ3n) is 1.83. The number of hydrogen-bond acceptors (Lipinski definition) is 3. The fraction of sp³-hybridized carbons (Fsp3) is 0.300. The minimum Gasteiger partial charge on any atom is -0.396 e. The van der Waals surface area contributed by atoms with Crippen molar-refractivity contribution in [3.05, 3.63) is 17.3 Å². The van der Waals surface area contributed by atoms with Gasteiger partial charge < -0.3 is 10.6 Å².